The molecule has 1 amide bonds. The first-order chi connectivity index (χ1) is 7.74. The number of rotatable bonds is 4. The van der Waals surface area contributed by atoms with Gasteiger partial charge in [0.1, 0.15) is 0 Å². The second-order valence-corrected chi connectivity index (χ2v) is 3.97. The summed E-state index contributed by atoms with van der Waals surface area (Å²) in [6, 6.07) is -0.0971. The molecule has 0 spiro atoms. The molecule has 5 heteroatoms. The summed E-state index contributed by atoms with van der Waals surface area (Å²) in [4.78, 5) is 22.5. The molecule has 1 saturated heterocycles. The van der Waals surface area contributed by atoms with Crippen LogP contribution >= 0.6 is 0 Å². The van der Waals surface area contributed by atoms with Crippen LogP contribution in [-0.4, -0.2) is 38.1 Å². The zero-order valence-electron chi connectivity index (χ0n) is 9.75. The van der Waals surface area contributed by atoms with E-state index >= 15 is 0 Å². The number of ether oxygens (including phenoxy) is 1. The van der Waals surface area contributed by atoms with Crippen molar-refractivity contribution in [3.05, 3.63) is 0 Å². The van der Waals surface area contributed by atoms with Gasteiger partial charge in [-0.3, -0.25) is 9.59 Å². The molecule has 0 bridgehead atoms. The van der Waals surface area contributed by atoms with E-state index in [0.717, 1.165) is 25.8 Å². The van der Waals surface area contributed by atoms with E-state index in [1.165, 1.54) is 13.5 Å². The summed E-state index contributed by atoms with van der Waals surface area (Å²) in [7, 11) is 1.34. The lowest BCUT2D eigenvalue weighted by molar-refractivity contribution is -0.140. The fraction of sp³-hybridized carbons (Fsp3) is 0.818. The second-order valence-electron chi connectivity index (χ2n) is 3.97. The Morgan fingerprint density at radius 3 is 2.94 bits per heavy atom. The van der Waals surface area contributed by atoms with Gasteiger partial charge in [-0.25, -0.2) is 0 Å². The summed E-state index contributed by atoms with van der Waals surface area (Å²) in [6.45, 7) is 1.25. The highest BCUT2D eigenvalue weighted by Crippen LogP contribution is 2.08. The van der Waals surface area contributed by atoms with Crippen LogP contribution in [0.2, 0.25) is 0 Å². The van der Waals surface area contributed by atoms with Crippen molar-refractivity contribution < 1.29 is 14.3 Å². The fourth-order valence-corrected chi connectivity index (χ4v) is 1.77. The minimum absolute atomic E-state index is 0.00852. The molecule has 1 aliphatic rings. The summed E-state index contributed by atoms with van der Waals surface area (Å²) >= 11 is 0. The van der Waals surface area contributed by atoms with Crippen molar-refractivity contribution in [2.45, 2.75) is 38.1 Å². The van der Waals surface area contributed by atoms with Crippen LogP contribution < -0.4 is 10.6 Å². The molecule has 2 N–H and O–H groups in total. The summed E-state index contributed by atoms with van der Waals surface area (Å²) in [5.74, 6) is -0.306. The van der Waals surface area contributed by atoms with Crippen molar-refractivity contribution in [2.75, 3.05) is 20.2 Å². The summed E-state index contributed by atoms with van der Waals surface area (Å²) in [5.41, 5.74) is 0. The Kier molecular flexibility index (Phi) is 5.85. The molecule has 92 valence electrons. The number of amides is 1. The second kappa shape index (κ2) is 7.22. The molecule has 1 heterocycles. The van der Waals surface area contributed by atoms with Crippen LogP contribution in [0.1, 0.15) is 32.1 Å². The number of carbonyl (C=O) groups excluding carboxylic acids is 2. The van der Waals surface area contributed by atoms with Gasteiger partial charge in [-0.1, -0.05) is 12.8 Å². The summed E-state index contributed by atoms with van der Waals surface area (Å²) in [6.07, 6.45) is 4.51. The molecule has 0 aromatic heterocycles. The van der Waals surface area contributed by atoms with Crippen molar-refractivity contribution in [1.29, 1.82) is 0 Å². The Bertz CT molecular complexity index is 235. The molecule has 1 unspecified atom stereocenters. The van der Waals surface area contributed by atoms with E-state index in [1.54, 1.807) is 0 Å². The third-order valence-electron chi connectivity index (χ3n) is 2.73. The van der Waals surface area contributed by atoms with Gasteiger partial charge < -0.3 is 15.4 Å². The Balaban J connectivity index is 2.20. The lowest BCUT2D eigenvalue weighted by atomic mass is 10.1. The SMILES string of the molecule is COC(=O)CCNC(=O)C1CCCCCN1. The van der Waals surface area contributed by atoms with Gasteiger partial charge in [0.2, 0.25) is 5.91 Å². The van der Waals surface area contributed by atoms with Crippen LogP contribution in [-0.2, 0) is 14.3 Å². The predicted octanol–water partition coefficient (Wildman–Crippen LogP) is 0.198. The maximum atomic E-state index is 11.7. The van der Waals surface area contributed by atoms with E-state index in [9.17, 15) is 9.59 Å². The average molecular weight is 228 g/mol. The van der Waals surface area contributed by atoms with E-state index in [-0.39, 0.29) is 24.3 Å². The van der Waals surface area contributed by atoms with Gasteiger partial charge in [-0.15, -0.1) is 0 Å². The van der Waals surface area contributed by atoms with Crippen LogP contribution in [0.5, 0.6) is 0 Å². The molecular formula is C11H20N2O3. The highest BCUT2D eigenvalue weighted by atomic mass is 16.5. The first-order valence-corrected chi connectivity index (χ1v) is 5.82. The number of carbonyl (C=O) groups is 2. The van der Waals surface area contributed by atoms with Gasteiger partial charge in [0.25, 0.3) is 0 Å². The number of methoxy groups -OCH3 is 1. The first kappa shape index (κ1) is 13.0. The van der Waals surface area contributed by atoms with Gasteiger partial charge in [0, 0.05) is 6.54 Å². The van der Waals surface area contributed by atoms with Crippen molar-refractivity contribution in [3.63, 3.8) is 0 Å². The molecule has 1 rings (SSSR count). The van der Waals surface area contributed by atoms with Crippen molar-refractivity contribution in [1.82, 2.24) is 10.6 Å². The quantitative estimate of drug-likeness (QED) is 0.674. The molecule has 0 aromatic rings. The molecule has 0 radical (unpaired) electrons. The first-order valence-electron chi connectivity index (χ1n) is 5.82. The lowest BCUT2D eigenvalue weighted by Gasteiger charge is -2.15. The molecule has 1 atom stereocenters. The zero-order chi connectivity index (χ0) is 11.8. The maximum Gasteiger partial charge on any atom is 0.307 e. The number of nitrogens with one attached hydrogen (secondary N) is 2. The summed E-state index contributed by atoms with van der Waals surface area (Å²) < 4.78 is 4.49. The monoisotopic (exact) mass is 228 g/mol. The van der Waals surface area contributed by atoms with Gasteiger partial charge in [0.05, 0.1) is 19.6 Å². The van der Waals surface area contributed by atoms with Gasteiger partial charge >= 0.3 is 5.97 Å². The minimum atomic E-state index is -0.297. The van der Waals surface area contributed by atoms with E-state index in [1.807, 2.05) is 0 Å². The van der Waals surface area contributed by atoms with Crippen LogP contribution in [0.25, 0.3) is 0 Å². The van der Waals surface area contributed by atoms with Crippen LogP contribution in [0, 0.1) is 0 Å². The van der Waals surface area contributed by atoms with Crippen molar-refractivity contribution in [3.8, 4) is 0 Å². The summed E-state index contributed by atoms with van der Waals surface area (Å²) in [5, 5.41) is 5.95. The lowest BCUT2D eigenvalue weighted by Crippen LogP contribution is -2.44. The molecule has 0 aromatic carbocycles. The maximum absolute atomic E-state index is 11.7. The number of hydrogen-bond donors (Lipinski definition) is 2. The van der Waals surface area contributed by atoms with Gasteiger partial charge in [0.15, 0.2) is 0 Å². The van der Waals surface area contributed by atoms with Gasteiger partial charge in [-0.2, -0.15) is 0 Å². The van der Waals surface area contributed by atoms with E-state index in [0.29, 0.717) is 6.54 Å². The van der Waals surface area contributed by atoms with Crippen molar-refractivity contribution >= 4 is 11.9 Å². The van der Waals surface area contributed by atoms with Crippen LogP contribution in [0.4, 0.5) is 0 Å². The van der Waals surface area contributed by atoms with E-state index in [4.69, 9.17) is 0 Å². The van der Waals surface area contributed by atoms with Crippen molar-refractivity contribution in [2.24, 2.45) is 0 Å². The van der Waals surface area contributed by atoms with Gasteiger partial charge in [-0.05, 0) is 19.4 Å². The Hall–Kier alpha value is -1.10. The Labute approximate surface area is 95.9 Å². The Morgan fingerprint density at radius 1 is 1.38 bits per heavy atom. The van der Waals surface area contributed by atoms with E-state index in [2.05, 4.69) is 15.4 Å². The molecule has 1 aliphatic heterocycles. The predicted molar refractivity (Wildman–Crippen MR) is 59.9 cm³/mol. The molecule has 0 aliphatic carbocycles. The topological polar surface area (TPSA) is 67.4 Å². The third kappa shape index (κ3) is 4.61. The average Bonchev–Trinajstić information content (AvgIpc) is 2.57. The smallest absolute Gasteiger partial charge is 0.307 e. The third-order valence-corrected chi connectivity index (χ3v) is 2.73. The molecule has 5 nitrogen and oxygen atoms in total. The van der Waals surface area contributed by atoms with E-state index < -0.39 is 0 Å². The Morgan fingerprint density at radius 2 is 2.19 bits per heavy atom. The molecule has 1 fully saturated rings. The van der Waals surface area contributed by atoms with Crippen LogP contribution in [0.3, 0.4) is 0 Å². The largest absolute Gasteiger partial charge is 0.469 e. The fourth-order valence-electron chi connectivity index (χ4n) is 1.77. The number of hydrogen-bond acceptors (Lipinski definition) is 4. The minimum Gasteiger partial charge on any atom is -0.469 e. The number of esters is 1. The highest BCUT2D eigenvalue weighted by molar-refractivity contribution is 5.82. The molecule has 16 heavy (non-hydrogen) atoms. The molecule has 0 saturated carbocycles. The standard InChI is InChI=1S/C11H20N2O3/c1-16-10(14)6-8-13-11(15)9-5-3-2-4-7-12-9/h9,12H,2-8H2,1H3,(H,13,15). The van der Waals surface area contributed by atoms with Crippen LogP contribution in [0.15, 0.2) is 0 Å². The normalized spacial score (nSPS) is 20.9. The zero-order valence-corrected chi connectivity index (χ0v) is 9.75. The molecular weight excluding hydrogens is 208 g/mol. The highest BCUT2D eigenvalue weighted by Gasteiger charge is 2.18.